The van der Waals surface area contributed by atoms with E-state index in [1.54, 1.807) is 24.3 Å². The van der Waals surface area contributed by atoms with Crippen molar-refractivity contribution in [1.29, 1.82) is 0 Å². The molecule has 0 amide bonds. The second-order valence-electron chi connectivity index (χ2n) is 7.39. The van der Waals surface area contributed by atoms with Crippen LogP contribution in [-0.2, 0) is 19.1 Å². The van der Waals surface area contributed by atoms with Gasteiger partial charge in [-0.2, -0.15) is 0 Å². The predicted octanol–water partition coefficient (Wildman–Crippen LogP) is 0.950. The molecule has 0 radical (unpaired) electrons. The Morgan fingerprint density at radius 3 is 2.48 bits per heavy atom. The Morgan fingerprint density at radius 2 is 1.79 bits per heavy atom. The van der Waals surface area contributed by atoms with E-state index in [0.29, 0.717) is 16.7 Å². The molecule has 7 nitrogen and oxygen atoms in total. The Morgan fingerprint density at radius 1 is 1.07 bits per heavy atom. The second-order valence-corrected chi connectivity index (χ2v) is 7.39. The highest BCUT2D eigenvalue weighted by Crippen LogP contribution is 2.28. The first-order chi connectivity index (χ1) is 14.1. The van der Waals surface area contributed by atoms with E-state index in [2.05, 4.69) is 5.32 Å². The minimum Gasteiger partial charge on any atom is -0.468 e. The topological polar surface area (TPSA) is 94.8 Å². The molecule has 1 saturated carbocycles. The Bertz CT molecular complexity index is 1160. The fourth-order valence-electron chi connectivity index (χ4n) is 4.29. The number of carbonyl (C=O) groups is 2. The summed E-state index contributed by atoms with van der Waals surface area (Å²) < 4.78 is 15.9. The summed E-state index contributed by atoms with van der Waals surface area (Å²) in [7, 11) is 2.49. The van der Waals surface area contributed by atoms with Gasteiger partial charge in [0.2, 0.25) is 5.43 Å². The van der Waals surface area contributed by atoms with Crippen LogP contribution < -0.4 is 21.4 Å². The fourth-order valence-corrected chi connectivity index (χ4v) is 4.29. The molecule has 0 aliphatic heterocycles. The molecule has 152 valence electrons. The Labute approximate surface area is 167 Å². The van der Waals surface area contributed by atoms with Gasteiger partial charge in [0, 0.05) is 11.7 Å². The van der Waals surface area contributed by atoms with Crippen LogP contribution in [0.4, 0.5) is 0 Å². The maximum absolute atomic E-state index is 13.3. The number of fused-ring (bicyclic) bond motifs is 2. The van der Waals surface area contributed by atoms with Crippen LogP contribution in [0, 0.1) is 5.92 Å². The number of ether oxygens (including phenoxy) is 2. The minimum absolute atomic E-state index is 0.00416. The minimum atomic E-state index is -1.09. The Hall–Kier alpha value is -3.09. The zero-order valence-electron chi connectivity index (χ0n) is 16.4. The van der Waals surface area contributed by atoms with Crippen molar-refractivity contribution in [2.75, 3.05) is 14.2 Å². The molecule has 4 rings (SSSR count). The average Bonchev–Trinajstić information content (AvgIpc) is 3.07. The van der Waals surface area contributed by atoms with Crippen LogP contribution in [0.2, 0.25) is 0 Å². The highest BCUT2D eigenvalue weighted by Gasteiger charge is 2.41. The summed E-state index contributed by atoms with van der Waals surface area (Å²) >= 11 is 0. The molecule has 1 unspecified atom stereocenters. The number of hydrogen-bond acceptors (Lipinski definition) is 7. The van der Waals surface area contributed by atoms with Crippen LogP contribution in [0.25, 0.3) is 22.2 Å². The van der Waals surface area contributed by atoms with Gasteiger partial charge in [-0.25, -0.2) is 4.79 Å². The van der Waals surface area contributed by atoms with E-state index >= 15 is 0 Å². The van der Waals surface area contributed by atoms with Crippen molar-refractivity contribution in [2.45, 2.75) is 38.1 Å². The van der Waals surface area contributed by atoms with E-state index in [1.807, 2.05) is 0 Å². The molecule has 0 spiro atoms. The molecular formula is C22H23NO6. The van der Waals surface area contributed by atoms with Crippen molar-refractivity contribution in [3.05, 3.63) is 45.1 Å². The van der Waals surface area contributed by atoms with Crippen LogP contribution in [0.15, 0.2) is 33.5 Å². The van der Waals surface area contributed by atoms with E-state index in [9.17, 15) is 14.4 Å². The van der Waals surface area contributed by atoms with Gasteiger partial charge in [0.15, 0.2) is 5.42 Å². The van der Waals surface area contributed by atoms with Gasteiger partial charge < -0.3 is 19.2 Å². The van der Waals surface area contributed by atoms with Gasteiger partial charge in [-0.3, -0.25) is 9.59 Å². The molecule has 0 bridgehead atoms. The number of benzene rings is 1. The predicted molar refractivity (Wildman–Crippen MR) is 106 cm³/mol. The molecule has 2 aliphatic carbocycles. The van der Waals surface area contributed by atoms with E-state index in [-0.39, 0.29) is 27.7 Å². The number of esters is 2. The quantitative estimate of drug-likeness (QED) is 0.768. The van der Waals surface area contributed by atoms with Gasteiger partial charge in [0.1, 0.15) is 17.1 Å². The van der Waals surface area contributed by atoms with E-state index < -0.39 is 17.9 Å². The highest BCUT2D eigenvalue weighted by molar-refractivity contribution is 6.19. The Balaban J connectivity index is 2.06. The number of methoxy groups -OCH3 is 2. The normalized spacial score (nSPS) is 19.2. The highest BCUT2D eigenvalue weighted by atomic mass is 16.5. The number of para-hydroxylation sites is 1. The van der Waals surface area contributed by atoms with Crippen LogP contribution in [0.5, 0.6) is 0 Å². The zero-order chi connectivity index (χ0) is 20.5. The van der Waals surface area contributed by atoms with Crippen molar-refractivity contribution in [3.63, 3.8) is 0 Å². The molecule has 2 aromatic rings. The standard InChI is InChI=1S/C22H23NO6/c1-27-21(25)15-16(22(26)28-2)20-17(18(15)23-12-8-4-3-5-9-12)19(24)13-10-6-7-11-14(13)29-20/h6-7,10-12,15,23H,3-5,8-9H2,1-2H3. The van der Waals surface area contributed by atoms with Crippen molar-refractivity contribution >= 4 is 34.2 Å². The van der Waals surface area contributed by atoms with E-state index in [0.717, 1.165) is 32.1 Å². The smallest absolute Gasteiger partial charge is 0.338 e. The summed E-state index contributed by atoms with van der Waals surface area (Å²) in [6, 6.07) is 6.93. The lowest BCUT2D eigenvalue weighted by Gasteiger charge is -2.27. The third kappa shape index (κ3) is 3.20. The largest absolute Gasteiger partial charge is 0.468 e. The summed E-state index contributed by atoms with van der Waals surface area (Å²) in [4.78, 5) is 38.7. The first kappa shape index (κ1) is 19.2. The summed E-state index contributed by atoms with van der Waals surface area (Å²) in [6.07, 6.45) is 5.16. The van der Waals surface area contributed by atoms with Gasteiger partial charge in [-0.15, -0.1) is 0 Å². The molecule has 1 aromatic heterocycles. The molecule has 0 saturated heterocycles. The summed E-state index contributed by atoms with van der Waals surface area (Å²) in [6.45, 7) is 0. The summed E-state index contributed by atoms with van der Waals surface area (Å²) in [5.41, 5.74) is 0.511. The van der Waals surface area contributed by atoms with Crippen molar-refractivity contribution < 1.29 is 23.5 Å². The molecule has 1 atom stereocenters. The molecule has 1 aromatic carbocycles. The SMILES string of the molecule is COC(=O)C1=c2oc3ccccc3c(=O)c2=C(NC2CCCCC2)C1C(=O)OC. The Kier molecular flexibility index (Phi) is 5.13. The summed E-state index contributed by atoms with van der Waals surface area (Å²) in [5, 5.41) is 3.99. The second kappa shape index (κ2) is 7.73. The van der Waals surface area contributed by atoms with Crippen LogP contribution in [-0.4, -0.2) is 32.2 Å². The number of nitrogens with one attached hydrogen (secondary N) is 1. The first-order valence-corrected chi connectivity index (χ1v) is 9.79. The zero-order valence-corrected chi connectivity index (χ0v) is 16.4. The molecule has 1 heterocycles. The lowest BCUT2D eigenvalue weighted by atomic mass is 9.93. The van der Waals surface area contributed by atoms with Gasteiger partial charge >= 0.3 is 11.9 Å². The molecule has 7 heteroatoms. The van der Waals surface area contributed by atoms with Crippen LogP contribution in [0.1, 0.15) is 32.1 Å². The molecule has 29 heavy (non-hydrogen) atoms. The summed E-state index contributed by atoms with van der Waals surface area (Å²) in [5.74, 6) is -2.45. The van der Waals surface area contributed by atoms with Gasteiger partial charge in [0.25, 0.3) is 0 Å². The van der Waals surface area contributed by atoms with Crippen molar-refractivity contribution in [1.82, 2.24) is 5.32 Å². The van der Waals surface area contributed by atoms with E-state index in [1.165, 1.54) is 14.2 Å². The monoisotopic (exact) mass is 397 g/mol. The molecule has 2 aliphatic rings. The lowest BCUT2D eigenvalue weighted by molar-refractivity contribution is -0.144. The molecular weight excluding hydrogens is 374 g/mol. The number of hydrogen-bond donors (Lipinski definition) is 1. The van der Waals surface area contributed by atoms with Gasteiger partial charge in [0.05, 0.1) is 24.8 Å². The maximum atomic E-state index is 13.3. The number of rotatable bonds is 4. The fraction of sp³-hybridized carbons (Fsp3) is 0.409. The van der Waals surface area contributed by atoms with Crippen molar-refractivity contribution in [2.24, 2.45) is 5.92 Å². The molecule has 1 fully saturated rings. The lowest BCUT2D eigenvalue weighted by Crippen LogP contribution is -2.44. The van der Waals surface area contributed by atoms with Crippen molar-refractivity contribution in [3.8, 4) is 0 Å². The average molecular weight is 397 g/mol. The first-order valence-electron chi connectivity index (χ1n) is 9.79. The third-order valence-corrected chi connectivity index (χ3v) is 5.70. The molecule has 1 N–H and O–H groups in total. The van der Waals surface area contributed by atoms with Gasteiger partial charge in [-0.1, -0.05) is 31.4 Å². The maximum Gasteiger partial charge on any atom is 0.338 e. The number of carbonyl (C=O) groups excluding carboxylic acids is 2. The third-order valence-electron chi connectivity index (χ3n) is 5.70. The van der Waals surface area contributed by atoms with E-state index in [4.69, 9.17) is 13.9 Å². The van der Waals surface area contributed by atoms with Crippen LogP contribution in [0.3, 0.4) is 0 Å². The van der Waals surface area contributed by atoms with Crippen LogP contribution >= 0.6 is 0 Å². The van der Waals surface area contributed by atoms with Gasteiger partial charge in [-0.05, 0) is 25.0 Å².